The SMILES string of the molecule is CC(C)(C)c1cc(-c2nccc3cc(C4CCCC4)ccc23)[c-]c2ccccc12.CCC(CC)C(=O)/C=C(\O)C(CC)CC.[Ir]. The fraction of sp³-hybridized carbons (Fsp3) is 0.463. The average Bonchev–Trinajstić information content (AvgIpc) is 3.56. The number of nitrogens with zero attached hydrogens (tertiary/aromatic N) is 1. The molecule has 3 aromatic carbocycles. The Kier molecular flexibility index (Phi) is 13.6. The first kappa shape index (κ1) is 36.7. The predicted octanol–water partition coefficient (Wildman–Crippen LogP) is 11.7. The molecule has 1 aliphatic carbocycles. The Morgan fingerprint density at radius 1 is 0.911 bits per heavy atom. The molecule has 243 valence electrons. The van der Waals surface area contributed by atoms with E-state index in [1.165, 1.54) is 59.0 Å². The molecule has 45 heavy (non-hydrogen) atoms. The van der Waals surface area contributed by atoms with Gasteiger partial charge in [-0.3, -0.25) is 9.78 Å². The van der Waals surface area contributed by atoms with E-state index in [4.69, 9.17) is 4.98 Å². The van der Waals surface area contributed by atoms with Crippen LogP contribution >= 0.6 is 0 Å². The van der Waals surface area contributed by atoms with Crippen molar-refractivity contribution in [2.45, 2.75) is 111 Å². The molecule has 0 aliphatic heterocycles. The maximum Gasteiger partial charge on any atom is 0.162 e. The van der Waals surface area contributed by atoms with Crippen molar-refractivity contribution < 1.29 is 30.0 Å². The molecule has 0 spiro atoms. The molecular formula is C41H52IrNO2-. The first-order valence-electron chi connectivity index (χ1n) is 16.9. The van der Waals surface area contributed by atoms with Crippen molar-refractivity contribution in [1.29, 1.82) is 0 Å². The molecule has 1 aromatic heterocycles. The number of rotatable bonds is 9. The topological polar surface area (TPSA) is 50.2 Å². The Morgan fingerprint density at radius 2 is 1.56 bits per heavy atom. The summed E-state index contributed by atoms with van der Waals surface area (Å²) in [7, 11) is 0. The minimum absolute atomic E-state index is 0. The molecule has 0 bridgehead atoms. The fourth-order valence-electron chi connectivity index (χ4n) is 6.68. The number of ketones is 1. The number of aromatic nitrogens is 1. The summed E-state index contributed by atoms with van der Waals surface area (Å²) in [6, 6.07) is 23.7. The molecule has 1 radical (unpaired) electrons. The third kappa shape index (κ3) is 8.92. The monoisotopic (exact) mass is 783 g/mol. The maximum atomic E-state index is 11.7. The van der Waals surface area contributed by atoms with Gasteiger partial charge in [-0.25, -0.2) is 0 Å². The zero-order valence-corrected chi connectivity index (χ0v) is 30.8. The predicted molar refractivity (Wildman–Crippen MR) is 187 cm³/mol. The zero-order chi connectivity index (χ0) is 31.9. The van der Waals surface area contributed by atoms with Crippen LogP contribution in [-0.4, -0.2) is 15.9 Å². The Morgan fingerprint density at radius 3 is 2.18 bits per heavy atom. The van der Waals surface area contributed by atoms with E-state index >= 15 is 0 Å². The summed E-state index contributed by atoms with van der Waals surface area (Å²) in [4.78, 5) is 16.5. The molecular weight excluding hydrogens is 731 g/mol. The Hall–Kier alpha value is -2.81. The zero-order valence-electron chi connectivity index (χ0n) is 28.4. The van der Waals surface area contributed by atoms with Gasteiger partial charge in [-0.15, -0.1) is 29.1 Å². The molecule has 0 atom stereocenters. The first-order chi connectivity index (χ1) is 21.1. The number of pyridine rings is 1. The van der Waals surface area contributed by atoms with Crippen LogP contribution in [0.1, 0.15) is 117 Å². The number of aliphatic hydroxyl groups excluding tert-OH is 1. The molecule has 4 heteroatoms. The summed E-state index contributed by atoms with van der Waals surface area (Å²) in [5.41, 5.74) is 5.03. The second kappa shape index (κ2) is 16.7. The maximum absolute atomic E-state index is 11.7. The summed E-state index contributed by atoms with van der Waals surface area (Å²) in [6.07, 6.45) is 12.3. The molecule has 3 nitrogen and oxygen atoms in total. The fourth-order valence-corrected chi connectivity index (χ4v) is 6.68. The first-order valence-corrected chi connectivity index (χ1v) is 16.9. The van der Waals surface area contributed by atoms with Crippen LogP contribution in [0.2, 0.25) is 0 Å². The van der Waals surface area contributed by atoms with Crippen molar-refractivity contribution in [3.05, 3.63) is 89.8 Å². The summed E-state index contributed by atoms with van der Waals surface area (Å²) >= 11 is 0. The molecule has 1 N–H and O–H groups in total. The van der Waals surface area contributed by atoms with E-state index in [0.29, 0.717) is 0 Å². The summed E-state index contributed by atoms with van der Waals surface area (Å²) in [5, 5.41) is 14.7. The molecule has 1 heterocycles. The molecule has 0 amide bonds. The molecule has 0 saturated heterocycles. The van der Waals surface area contributed by atoms with E-state index in [9.17, 15) is 9.90 Å². The Balaban J connectivity index is 0.000000297. The van der Waals surface area contributed by atoms with Crippen molar-refractivity contribution in [2.24, 2.45) is 11.8 Å². The second-order valence-corrected chi connectivity index (χ2v) is 13.5. The van der Waals surface area contributed by atoms with E-state index < -0.39 is 0 Å². The number of benzene rings is 3. The van der Waals surface area contributed by atoms with Gasteiger partial charge in [0.15, 0.2) is 5.78 Å². The van der Waals surface area contributed by atoms with Gasteiger partial charge < -0.3 is 5.11 Å². The van der Waals surface area contributed by atoms with Gasteiger partial charge >= 0.3 is 0 Å². The molecule has 4 aromatic rings. The van der Waals surface area contributed by atoms with Crippen LogP contribution in [-0.2, 0) is 30.3 Å². The summed E-state index contributed by atoms with van der Waals surface area (Å²) < 4.78 is 0. The number of allylic oxidation sites excluding steroid dienone is 2. The summed E-state index contributed by atoms with van der Waals surface area (Å²) in [6.45, 7) is 14.9. The van der Waals surface area contributed by atoms with Crippen LogP contribution in [0.25, 0.3) is 32.8 Å². The van der Waals surface area contributed by atoms with Crippen molar-refractivity contribution in [3.8, 4) is 11.3 Å². The standard InChI is InChI=1S/C28H28N.C13H24O2.Ir/c1-28(2,3)26-18-23(17-21-10-6-7-11-24(21)26)27-25-13-12-20(19-8-4-5-9-19)16-22(25)14-15-29-27;1-5-10(6-2)12(14)9-13(15)11(7-3)8-4;/h6-7,10-16,18-19H,4-5,8-9H2,1-3H3;9-11,14H,5-8H2,1-4H3;/q-1;;/b;12-9-;. The van der Waals surface area contributed by atoms with E-state index in [1.54, 1.807) is 0 Å². The molecule has 0 unspecified atom stereocenters. The van der Waals surface area contributed by atoms with E-state index in [0.717, 1.165) is 48.2 Å². The summed E-state index contributed by atoms with van der Waals surface area (Å²) in [5.74, 6) is 1.28. The van der Waals surface area contributed by atoms with E-state index in [-0.39, 0.29) is 48.9 Å². The second-order valence-electron chi connectivity index (χ2n) is 13.5. The number of carbonyl (C=O) groups is 1. The van der Waals surface area contributed by atoms with Crippen molar-refractivity contribution in [2.75, 3.05) is 0 Å². The number of carbonyl (C=O) groups excluding carboxylic acids is 1. The van der Waals surface area contributed by atoms with Gasteiger partial charge in [0.1, 0.15) is 0 Å². The molecule has 5 rings (SSSR count). The van der Waals surface area contributed by atoms with Gasteiger partial charge in [-0.05, 0) is 72.3 Å². The van der Waals surface area contributed by atoms with Gasteiger partial charge in [-0.1, -0.05) is 109 Å². The van der Waals surface area contributed by atoms with Crippen LogP contribution in [0, 0.1) is 17.9 Å². The molecule has 1 aliphatic rings. The quantitative estimate of drug-likeness (QED) is 0.104. The number of hydrogen-bond donors (Lipinski definition) is 1. The van der Waals surface area contributed by atoms with Crippen molar-refractivity contribution >= 4 is 27.3 Å². The normalized spacial score (nSPS) is 14.1. The molecule has 1 fully saturated rings. The Labute approximate surface area is 285 Å². The number of aliphatic hydroxyl groups is 1. The van der Waals surface area contributed by atoms with Crippen molar-refractivity contribution in [1.82, 2.24) is 4.98 Å². The van der Waals surface area contributed by atoms with Crippen LogP contribution in [0.15, 0.2) is 72.6 Å². The van der Waals surface area contributed by atoms with Gasteiger partial charge in [0, 0.05) is 49.9 Å². The van der Waals surface area contributed by atoms with Crippen molar-refractivity contribution in [3.63, 3.8) is 0 Å². The third-order valence-corrected chi connectivity index (χ3v) is 9.54. The Bertz CT molecular complexity index is 1580. The van der Waals surface area contributed by atoms with Crippen LogP contribution in [0.3, 0.4) is 0 Å². The van der Waals surface area contributed by atoms with E-state index in [1.807, 2.05) is 33.9 Å². The van der Waals surface area contributed by atoms with Gasteiger partial charge in [-0.2, -0.15) is 0 Å². The number of hydrogen-bond acceptors (Lipinski definition) is 3. The third-order valence-electron chi connectivity index (χ3n) is 9.54. The molecule has 1 saturated carbocycles. The van der Waals surface area contributed by atoms with E-state index in [2.05, 4.69) is 81.4 Å². The van der Waals surface area contributed by atoms with Crippen LogP contribution in [0.5, 0.6) is 0 Å². The minimum Gasteiger partial charge on any atom is -0.512 e. The van der Waals surface area contributed by atoms with Gasteiger partial charge in [0.2, 0.25) is 0 Å². The smallest absolute Gasteiger partial charge is 0.162 e. The van der Waals surface area contributed by atoms with Crippen LogP contribution in [0.4, 0.5) is 0 Å². The largest absolute Gasteiger partial charge is 0.512 e. The minimum atomic E-state index is 0. The van der Waals surface area contributed by atoms with Gasteiger partial charge in [0.05, 0.1) is 5.76 Å². The van der Waals surface area contributed by atoms with Gasteiger partial charge in [0.25, 0.3) is 0 Å². The van der Waals surface area contributed by atoms with Crippen LogP contribution < -0.4 is 0 Å². The number of fused-ring (bicyclic) bond motifs is 2. The average molecular weight is 783 g/mol.